The lowest BCUT2D eigenvalue weighted by molar-refractivity contribution is -0.130. The summed E-state index contributed by atoms with van der Waals surface area (Å²) in [5.41, 5.74) is 0.440. The molecule has 8 nitrogen and oxygen atoms in total. The monoisotopic (exact) mass is 353 g/mol. The Hall–Kier alpha value is -2.13. The van der Waals surface area contributed by atoms with Gasteiger partial charge in [0.05, 0.1) is 10.6 Å². The van der Waals surface area contributed by atoms with E-state index >= 15 is 0 Å². The highest BCUT2D eigenvalue weighted by molar-refractivity contribution is 7.89. The van der Waals surface area contributed by atoms with Gasteiger partial charge in [0.1, 0.15) is 5.75 Å². The fourth-order valence-corrected chi connectivity index (χ4v) is 4.25. The Kier molecular flexibility index (Phi) is 4.22. The number of anilines is 1. The van der Waals surface area contributed by atoms with E-state index in [1.807, 2.05) is 0 Å². The fourth-order valence-electron chi connectivity index (χ4n) is 2.80. The summed E-state index contributed by atoms with van der Waals surface area (Å²) in [6.45, 7) is 2.68. The second kappa shape index (κ2) is 6.06. The molecule has 0 spiro atoms. The van der Waals surface area contributed by atoms with Crippen LogP contribution < -0.4 is 9.64 Å². The maximum atomic E-state index is 12.8. The molecule has 24 heavy (non-hydrogen) atoms. The Morgan fingerprint density at radius 2 is 1.83 bits per heavy atom. The number of piperazine rings is 1. The van der Waals surface area contributed by atoms with E-state index < -0.39 is 10.0 Å². The van der Waals surface area contributed by atoms with Crippen LogP contribution in [0.3, 0.4) is 0 Å². The van der Waals surface area contributed by atoms with Crippen molar-refractivity contribution >= 4 is 27.5 Å². The molecule has 1 aromatic carbocycles. The van der Waals surface area contributed by atoms with Crippen molar-refractivity contribution in [3.63, 3.8) is 0 Å². The van der Waals surface area contributed by atoms with E-state index in [-0.39, 0.29) is 36.4 Å². The van der Waals surface area contributed by atoms with Gasteiger partial charge in [-0.3, -0.25) is 9.59 Å². The van der Waals surface area contributed by atoms with Gasteiger partial charge in [-0.25, -0.2) is 8.42 Å². The van der Waals surface area contributed by atoms with Crippen LogP contribution in [0, 0.1) is 0 Å². The molecule has 2 aliphatic heterocycles. The predicted octanol–water partition coefficient (Wildman–Crippen LogP) is -0.105. The lowest BCUT2D eigenvalue weighted by Crippen LogP contribution is -2.49. The van der Waals surface area contributed by atoms with Crippen molar-refractivity contribution in [3.05, 3.63) is 18.2 Å². The Bertz CT molecular complexity index is 784. The van der Waals surface area contributed by atoms with Gasteiger partial charge < -0.3 is 14.5 Å². The van der Waals surface area contributed by atoms with Crippen molar-refractivity contribution in [1.29, 1.82) is 0 Å². The van der Waals surface area contributed by atoms with Gasteiger partial charge >= 0.3 is 0 Å². The number of amides is 2. The average Bonchev–Trinajstić information content (AvgIpc) is 2.58. The standard InChI is InChI=1S/C15H19N3O5S/c1-11(19)17-5-7-18(8-6-17)24(21,22)12-3-4-14-13(9-12)16(2)15(20)10-23-14/h3-4,9H,5-8,10H2,1-2H3. The highest BCUT2D eigenvalue weighted by Crippen LogP contribution is 2.34. The van der Waals surface area contributed by atoms with Crippen LogP contribution in [0.25, 0.3) is 0 Å². The number of rotatable bonds is 2. The van der Waals surface area contributed by atoms with Crippen LogP contribution >= 0.6 is 0 Å². The maximum Gasteiger partial charge on any atom is 0.264 e. The van der Waals surface area contributed by atoms with Gasteiger partial charge in [-0.15, -0.1) is 0 Å². The molecule has 0 radical (unpaired) electrons. The quantitative estimate of drug-likeness (QED) is 0.741. The molecule has 0 N–H and O–H groups in total. The lowest BCUT2D eigenvalue weighted by Gasteiger charge is -2.33. The number of benzene rings is 1. The van der Waals surface area contributed by atoms with Crippen molar-refractivity contribution in [3.8, 4) is 5.75 Å². The van der Waals surface area contributed by atoms with Crippen molar-refractivity contribution in [1.82, 2.24) is 9.21 Å². The van der Waals surface area contributed by atoms with E-state index in [0.717, 1.165) is 0 Å². The Labute approximate surface area is 140 Å². The van der Waals surface area contributed by atoms with E-state index in [9.17, 15) is 18.0 Å². The fraction of sp³-hybridized carbons (Fsp3) is 0.467. The summed E-state index contributed by atoms with van der Waals surface area (Å²) >= 11 is 0. The van der Waals surface area contributed by atoms with Crippen LogP contribution in [0.4, 0.5) is 5.69 Å². The molecule has 9 heteroatoms. The Morgan fingerprint density at radius 3 is 2.46 bits per heavy atom. The molecule has 1 saturated heterocycles. The number of sulfonamides is 1. The SMILES string of the molecule is CC(=O)N1CCN(S(=O)(=O)c2ccc3c(c2)N(C)C(=O)CO3)CC1. The smallest absolute Gasteiger partial charge is 0.264 e. The number of fused-ring (bicyclic) bond motifs is 1. The highest BCUT2D eigenvalue weighted by Gasteiger charge is 2.31. The number of hydrogen-bond acceptors (Lipinski definition) is 5. The zero-order valence-electron chi connectivity index (χ0n) is 13.6. The molecule has 0 saturated carbocycles. The molecule has 0 aromatic heterocycles. The Balaban J connectivity index is 1.86. The summed E-state index contributed by atoms with van der Waals surface area (Å²) in [6.07, 6.45) is 0. The normalized spacial score (nSPS) is 19.0. The molecule has 2 amide bonds. The van der Waals surface area contributed by atoms with E-state index in [0.29, 0.717) is 24.5 Å². The minimum Gasteiger partial charge on any atom is -0.482 e. The summed E-state index contributed by atoms with van der Waals surface area (Å²) in [7, 11) is -2.09. The van der Waals surface area contributed by atoms with Gasteiger partial charge in [-0.05, 0) is 18.2 Å². The predicted molar refractivity (Wildman–Crippen MR) is 86.4 cm³/mol. The molecule has 0 atom stereocenters. The maximum absolute atomic E-state index is 12.8. The summed E-state index contributed by atoms with van der Waals surface area (Å²) in [5.74, 6) is 0.197. The van der Waals surface area contributed by atoms with Crippen LogP contribution in [0.2, 0.25) is 0 Å². The first-order valence-electron chi connectivity index (χ1n) is 7.60. The molecular formula is C15H19N3O5S. The molecular weight excluding hydrogens is 334 g/mol. The molecule has 130 valence electrons. The van der Waals surface area contributed by atoms with Crippen LogP contribution in [0.15, 0.2) is 23.1 Å². The number of nitrogens with zero attached hydrogens (tertiary/aromatic N) is 3. The number of carbonyl (C=O) groups excluding carboxylic acids is 2. The number of carbonyl (C=O) groups is 2. The third-order valence-corrected chi connectivity index (χ3v) is 6.23. The molecule has 0 aliphatic carbocycles. The number of ether oxygens (including phenoxy) is 1. The second-order valence-corrected chi connectivity index (χ2v) is 7.72. The molecule has 1 fully saturated rings. The minimum absolute atomic E-state index is 0.0530. The van der Waals surface area contributed by atoms with Crippen molar-refractivity contribution in [2.24, 2.45) is 0 Å². The minimum atomic E-state index is -3.68. The topological polar surface area (TPSA) is 87.2 Å². The largest absolute Gasteiger partial charge is 0.482 e. The van der Waals surface area contributed by atoms with Gasteiger partial charge in [-0.2, -0.15) is 4.31 Å². The molecule has 0 bridgehead atoms. The second-order valence-electron chi connectivity index (χ2n) is 5.78. The zero-order valence-corrected chi connectivity index (χ0v) is 14.4. The number of likely N-dealkylation sites (N-methyl/N-ethyl adjacent to an activating group) is 1. The Morgan fingerprint density at radius 1 is 1.17 bits per heavy atom. The van der Waals surface area contributed by atoms with Crippen LogP contribution in [-0.4, -0.2) is 69.3 Å². The highest BCUT2D eigenvalue weighted by atomic mass is 32.2. The summed E-state index contributed by atoms with van der Waals surface area (Å²) in [5, 5.41) is 0. The summed E-state index contributed by atoms with van der Waals surface area (Å²) < 4.78 is 32.3. The van der Waals surface area contributed by atoms with Crippen LogP contribution in [-0.2, 0) is 19.6 Å². The van der Waals surface area contributed by atoms with Crippen molar-refractivity contribution < 1.29 is 22.7 Å². The molecule has 2 heterocycles. The van der Waals surface area contributed by atoms with E-state index in [4.69, 9.17) is 4.74 Å². The lowest BCUT2D eigenvalue weighted by atomic mass is 10.2. The van der Waals surface area contributed by atoms with Gasteiger partial charge in [0.2, 0.25) is 15.9 Å². The van der Waals surface area contributed by atoms with Gasteiger partial charge in [0.15, 0.2) is 6.61 Å². The van der Waals surface area contributed by atoms with Crippen LogP contribution in [0.5, 0.6) is 5.75 Å². The van der Waals surface area contributed by atoms with E-state index in [2.05, 4.69) is 0 Å². The first kappa shape index (κ1) is 16.7. The number of hydrogen-bond donors (Lipinski definition) is 0. The first-order valence-corrected chi connectivity index (χ1v) is 9.04. The van der Waals surface area contributed by atoms with Crippen LogP contribution in [0.1, 0.15) is 6.92 Å². The summed E-state index contributed by atoms with van der Waals surface area (Å²) in [4.78, 5) is 26.2. The average molecular weight is 353 g/mol. The molecule has 3 rings (SSSR count). The van der Waals surface area contributed by atoms with E-state index in [1.54, 1.807) is 18.0 Å². The first-order chi connectivity index (χ1) is 11.3. The van der Waals surface area contributed by atoms with Crippen molar-refractivity contribution in [2.45, 2.75) is 11.8 Å². The molecule has 0 unspecified atom stereocenters. The summed E-state index contributed by atoms with van der Waals surface area (Å²) in [6, 6.07) is 4.51. The van der Waals surface area contributed by atoms with Gasteiger partial charge in [0, 0.05) is 40.2 Å². The molecule has 1 aromatic rings. The van der Waals surface area contributed by atoms with Gasteiger partial charge in [0.25, 0.3) is 5.91 Å². The molecule has 2 aliphatic rings. The third kappa shape index (κ3) is 2.84. The van der Waals surface area contributed by atoms with E-state index in [1.165, 1.54) is 28.3 Å². The zero-order chi connectivity index (χ0) is 17.5. The van der Waals surface area contributed by atoms with Gasteiger partial charge in [-0.1, -0.05) is 0 Å². The third-order valence-electron chi connectivity index (χ3n) is 4.34. The van der Waals surface area contributed by atoms with Crippen molar-refractivity contribution in [2.75, 3.05) is 44.7 Å².